The summed E-state index contributed by atoms with van der Waals surface area (Å²) in [5.41, 5.74) is 2.55. The van der Waals surface area contributed by atoms with Crippen molar-refractivity contribution in [1.82, 2.24) is 14.9 Å². The van der Waals surface area contributed by atoms with E-state index in [2.05, 4.69) is 29.8 Å². The van der Waals surface area contributed by atoms with E-state index in [-0.39, 0.29) is 0 Å². The first-order chi connectivity index (χ1) is 12.6. The van der Waals surface area contributed by atoms with E-state index in [0.717, 1.165) is 63.2 Å². The fraction of sp³-hybridized carbons (Fsp3) is 0.762. The largest absolute Gasteiger partial charge is 0.342 e. The van der Waals surface area contributed by atoms with Gasteiger partial charge in [0, 0.05) is 49.9 Å². The number of aromatic nitrogens is 2. The second-order valence-corrected chi connectivity index (χ2v) is 9.33. The van der Waals surface area contributed by atoms with Crippen LogP contribution in [0.25, 0.3) is 0 Å². The molecule has 1 aromatic heterocycles. The quantitative estimate of drug-likeness (QED) is 0.819. The number of piperidine rings is 1. The van der Waals surface area contributed by atoms with Gasteiger partial charge in [0.05, 0.1) is 0 Å². The third kappa shape index (κ3) is 2.71. The molecule has 2 saturated heterocycles. The maximum atomic E-state index is 12.7. The minimum absolute atomic E-state index is 0.295. The highest BCUT2D eigenvalue weighted by Crippen LogP contribution is 2.44. The number of anilines is 1. The van der Waals surface area contributed by atoms with Gasteiger partial charge in [0.15, 0.2) is 0 Å². The Morgan fingerprint density at radius 3 is 2.62 bits per heavy atom. The Balaban J connectivity index is 1.28. The molecular weight excluding hydrogens is 324 g/mol. The predicted molar refractivity (Wildman–Crippen MR) is 101 cm³/mol. The van der Waals surface area contributed by atoms with Gasteiger partial charge in [0.2, 0.25) is 11.9 Å². The Kier molecular flexibility index (Phi) is 3.94. The molecule has 5 rings (SSSR count). The standard InChI is InChI=1S/C21H30N4O/c1-13-3-5-24(6-4-13)21-22-10-17-18-12-25(11-16(18)9-19(17)23-21)20(26)15-7-14(2)8-15/h10,13-16,18H,3-9,11-12H2,1-2H3. The fourth-order valence-corrected chi connectivity index (χ4v) is 5.47. The van der Waals surface area contributed by atoms with Crippen LogP contribution in [-0.2, 0) is 11.2 Å². The van der Waals surface area contributed by atoms with Gasteiger partial charge < -0.3 is 9.80 Å². The molecule has 3 heterocycles. The highest BCUT2D eigenvalue weighted by molar-refractivity contribution is 5.80. The smallest absolute Gasteiger partial charge is 0.225 e. The molecule has 2 atom stereocenters. The minimum Gasteiger partial charge on any atom is -0.342 e. The van der Waals surface area contributed by atoms with E-state index < -0.39 is 0 Å². The van der Waals surface area contributed by atoms with Crippen molar-refractivity contribution in [2.45, 2.75) is 51.9 Å². The molecule has 4 aliphatic rings. The third-order valence-electron chi connectivity index (χ3n) is 7.28. The summed E-state index contributed by atoms with van der Waals surface area (Å²) >= 11 is 0. The first kappa shape index (κ1) is 16.5. The summed E-state index contributed by atoms with van der Waals surface area (Å²) in [4.78, 5) is 26.8. The van der Waals surface area contributed by atoms with E-state index in [4.69, 9.17) is 9.97 Å². The first-order valence-corrected chi connectivity index (χ1v) is 10.5. The molecule has 0 spiro atoms. The molecule has 2 aliphatic carbocycles. The van der Waals surface area contributed by atoms with E-state index >= 15 is 0 Å². The molecule has 5 heteroatoms. The average molecular weight is 354 g/mol. The van der Waals surface area contributed by atoms with Crippen molar-refractivity contribution in [2.24, 2.45) is 23.7 Å². The summed E-state index contributed by atoms with van der Waals surface area (Å²) in [7, 11) is 0. The van der Waals surface area contributed by atoms with Gasteiger partial charge in [0.1, 0.15) is 0 Å². The van der Waals surface area contributed by atoms with Gasteiger partial charge >= 0.3 is 0 Å². The van der Waals surface area contributed by atoms with Crippen LogP contribution in [-0.4, -0.2) is 47.0 Å². The summed E-state index contributed by atoms with van der Waals surface area (Å²) in [6, 6.07) is 0. The van der Waals surface area contributed by atoms with E-state index in [1.807, 2.05) is 0 Å². The normalized spacial score (nSPS) is 33.8. The van der Waals surface area contributed by atoms with Crippen molar-refractivity contribution < 1.29 is 4.79 Å². The number of amides is 1. The lowest BCUT2D eigenvalue weighted by Crippen LogP contribution is -2.40. The summed E-state index contributed by atoms with van der Waals surface area (Å²) in [6.45, 7) is 8.53. The Morgan fingerprint density at radius 2 is 1.88 bits per heavy atom. The Morgan fingerprint density at radius 1 is 1.12 bits per heavy atom. The molecule has 5 nitrogen and oxygen atoms in total. The first-order valence-electron chi connectivity index (χ1n) is 10.5. The van der Waals surface area contributed by atoms with E-state index in [1.165, 1.54) is 24.1 Å². The maximum absolute atomic E-state index is 12.7. The molecule has 0 bridgehead atoms. The highest BCUT2D eigenvalue weighted by atomic mass is 16.2. The van der Waals surface area contributed by atoms with E-state index in [9.17, 15) is 4.79 Å². The molecule has 1 amide bonds. The SMILES string of the molecule is CC1CCN(c2ncc3c(n2)CC2CN(C(=O)C4CC(C)C4)CC32)CC1. The van der Waals surface area contributed by atoms with Gasteiger partial charge in [-0.3, -0.25) is 4.79 Å². The highest BCUT2D eigenvalue weighted by Gasteiger charge is 2.45. The van der Waals surface area contributed by atoms with Gasteiger partial charge in [-0.05, 0) is 55.4 Å². The van der Waals surface area contributed by atoms with Crippen LogP contribution in [0.1, 0.15) is 56.7 Å². The number of carbonyl (C=O) groups is 1. The van der Waals surface area contributed by atoms with Crippen LogP contribution in [0.15, 0.2) is 6.20 Å². The molecule has 0 aromatic carbocycles. The third-order valence-corrected chi connectivity index (χ3v) is 7.28. The summed E-state index contributed by atoms with van der Waals surface area (Å²) in [5, 5.41) is 0. The molecule has 3 fully saturated rings. The minimum atomic E-state index is 0.295. The van der Waals surface area contributed by atoms with Crippen LogP contribution < -0.4 is 4.90 Å². The van der Waals surface area contributed by atoms with Crippen molar-refractivity contribution in [1.29, 1.82) is 0 Å². The molecule has 0 N–H and O–H groups in total. The predicted octanol–water partition coefficient (Wildman–Crippen LogP) is 2.86. The van der Waals surface area contributed by atoms with Crippen LogP contribution in [0, 0.1) is 23.7 Å². The molecule has 1 aromatic rings. The molecule has 0 radical (unpaired) electrons. The molecule has 2 aliphatic heterocycles. The van der Waals surface area contributed by atoms with Crippen LogP contribution in [0.4, 0.5) is 5.95 Å². The van der Waals surface area contributed by atoms with Gasteiger partial charge in [-0.1, -0.05) is 13.8 Å². The number of hydrogen-bond acceptors (Lipinski definition) is 4. The zero-order chi connectivity index (χ0) is 17.8. The Bertz CT molecular complexity index is 706. The molecule has 26 heavy (non-hydrogen) atoms. The van der Waals surface area contributed by atoms with Crippen LogP contribution in [0.5, 0.6) is 0 Å². The number of nitrogens with zero attached hydrogens (tertiary/aromatic N) is 4. The fourth-order valence-electron chi connectivity index (χ4n) is 5.47. The van der Waals surface area contributed by atoms with Gasteiger partial charge in [0.25, 0.3) is 0 Å². The second-order valence-electron chi connectivity index (χ2n) is 9.33. The Hall–Kier alpha value is -1.65. The zero-order valence-corrected chi connectivity index (χ0v) is 16.0. The lowest BCUT2D eigenvalue weighted by Gasteiger charge is -2.34. The monoisotopic (exact) mass is 354 g/mol. The van der Waals surface area contributed by atoms with E-state index in [0.29, 0.717) is 23.7 Å². The lowest BCUT2D eigenvalue weighted by atomic mass is 9.75. The lowest BCUT2D eigenvalue weighted by molar-refractivity contribution is -0.138. The van der Waals surface area contributed by atoms with Crippen molar-refractivity contribution in [3.63, 3.8) is 0 Å². The summed E-state index contributed by atoms with van der Waals surface area (Å²) in [6.07, 6.45) is 7.74. The number of carbonyl (C=O) groups excluding carboxylic acids is 1. The van der Waals surface area contributed by atoms with Crippen molar-refractivity contribution >= 4 is 11.9 Å². The topological polar surface area (TPSA) is 49.3 Å². The number of hydrogen-bond donors (Lipinski definition) is 0. The second kappa shape index (κ2) is 6.21. The number of likely N-dealkylation sites (tertiary alicyclic amines) is 1. The van der Waals surface area contributed by atoms with Crippen molar-refractivity contribution in [3.05, 3.63) is 17.5 Å². The zero-order valence-electron chi connectivity index (χ0n) is 16.0. The number of rotatable bonds is 2. The molecule has 2 unspecified atom stereocenters. The molecule has 1 saturated carbocycles. The van der Waals surface area contributed by atoms with Crippen molar-refractivity contribution in [2.75, 3.05) is 31.1 Å². The van der Waals surface area contributed by atoms with Crippen LogP contribution in [0.3, 0.4) is 0 Å². The molecular formula is C21H30N4O. The van der Waals surface area contributed by atoms with Gasteiger partial charge in [-0.2, -0.15) is 0 Å². The van der Waals surface area contributed by atoms with E-state index in [1.54, 1.807) is 0 Å². The Labute approximate surface area is 156 Å². The van der Waals surface area contributed by atoms with Gasteiger partial charge in [-0.25, -0.2) is 9.97 Å². The molecule has 140 valence electrons. The number of fused-ring (bicyclic) bond motifs is 3. The van der Waals surface area contributed by atoms with Crippen molar-refractivity contribution in [3.8, 4) is 0 Å². The maximum Gasteiger partial charge on any atom is 0.225 e. The summed E-state index contributed by atoms with van der Waals surface area (Å²) in [5.74, 6) is 4.19. The van der Waals surface area contributed by atoms with Crippen LogP contribution in [0.2, 0.25) is 0 Å². The summed E-state index contributed by atoms with van der Waals surface area (Å²) < 4.78 is 0. The average Bonchev–Trinajstić information content (AvgIpc) is 3.16. The van der Waals surface area contributed by atoms with Gasteiger partial charge in [-0.15, -0.1) is 0 Å². The van der Waals surface area contributed by atoms with Crippen LogP contribution >= 0.6 is 0 Å².